The standard InChI is InChI=1S/C14H16N2O4/c1-9-2-3-10(4-5-14(19)20)6-11(9)16-8-12(17)15-7-13(16)18/h2-3,6H,4-5,7-8H2,1H3,(H,15,17)(H,19,20). The molecule has 1 aromatic carbocycles. The van der Waals surface area contributed by atoms with Gasteiger partial charge in [0.05, 0.1) is 6.54 Å². The van der Waals surface area contributed by atoms with Gasteiger partial charge in [-0.3, -0.25) is 14.4 Å². The van der Waals surface area contributed by atoms with Crippen LogP contribution in [0.15, 0.2) is 18.2 Å². The summed E-state index contributed by atoms with van der Waals surface area (Å²) in [5.41, 5.74) is 2.40. The molecule has 0 aliphatic carbocycles. The first-order chi connectivity index (χ1) is 9.47. The first-order valence-electron chi connectivity index (χ1n) is 6.36. The molecular formula is C14H16N2O4. The fraction of sp³-hybridized carbons (Fsp3) is 0.357. The van der Waals surface area contributed by atoms with Crippen LogP contribution >= 0.6 is 0 Å². The van der Waals surface area contributed by atoms with Gasteiger partial charge in [0.15, 0.2) is 0 Å². The molecule has 0 radical (unpaired) electrons. The molecule has 1 saturated heterocycles. The molecule has 6 nitrogen and oxygen atoms in total. The van der Waals surface area contributed by atoms with Crippen molar-refractivity contribution in [3.8, 4) is 0 Å². The van der Waals surface area contributed by atoms with Crippen LogP contribution in [0.25, 0.3) is 0 Å². The van der Waals surface area contributed by atoms with E-state index >= 15 is 0 Å². The van der Waals surface area contributed by atoms with Gasteiger partial charge in [-0.15, -0.1) is 0 Å². The van der Waals surface area contributed by atoms with Gasteiger partial charge < -0.3 is 15.3 Å². The van der Waals surface area contributed by atoms with Crippen molar-refractivity contribution in [1.29, 1.82) is 0 Å². The number of aliphatic carboxylic acids is 1. The monoisotopic (exact) mass is 276 g/mol. The predicted molar refractivity (Wildman–Crippen MR) is 72.5 cm³/mol. The Bertz CT molecular complexity index is 568. The van der Waals surface area contributed by atoms with Crippen molar-refractivity contribution in [2.45, 2.75) is 19.8 Å². The van der Waals surface area contributed by atoms with E-state index in [0.29, 0.717) is 12.1 Å². The molecule has 20 heavy (non-hydrogen) atoms. The SMILES string of the molecule is Cc1ccc(CCC(=O)O)cc1N1CC(=O)NCC1=O. The summed E-state index contributed by atoms with van der Waals surface area (Å²) in [6.07, 6.45) is 0.438. The van der Waals surface area contributed by atoms with Gasteiger partial charge in [-0.05, 0) is 30.5 Å². The highest BCUT2D eigenvalue weighted by Crippen LogP contribution is 2.23. The van der Waals surface area contributed by atoms with Gasteiger partial charge in [-0.2, -0.15) is 0 Å². The lowest BCUT2D eigenvalue weighted by Gasteiger charge is -2.28. The van der Waals surface area contributed by atoms with E-state index < -0.39 is 5.97 Å². The van der Waals surface area contributed by atoms with E-state index in [4.69, 9.17) is 5.11 Å². The Morgan fingerprint density at radius 2 is 2.15 bits per heavy atom. The smallest absolute Gasteiger partial charge is 0.303 e. The summed E-state index contributed by atoms with van der Waals surface area (Å²) in [5.74, 6) is -1.22. The summed E-state index contributed by atoms with van der Waals surface area (Å²) in [6.45, 7) is 1.86. The van der Waals surface area contributed by atoms with Crippen LogP contribution in [-0.4, -0.2) is 36.0 Å². The molecule has 2 N–H and O–H groups in total. The van der Waals surface area contributed by atoms with Crippen molar-refractivity contribution in [1.82, 2.24) is 5.32 Å². The minimum Gasteiger partial charge on any atom is -0.481 e. The molecular weight excluding hydrogens is 260 g/mol. The number of hydrogen-bond acceptors (Lipinski definition) is 3. The minimum absolute atomic E-state index is 0.00204. The number of amides is 2. The van der Waals surface area contributed by atoms with Crippen LogP contribution < -0.4 is 10.2 Å². The molecule has 106 valence electrons. The Morgan fingerprint density at radius 3 is 2.85 bits per heavy atom. The van der Waals surface area contributed by atoms with Gasteiger partial charge in [0, 0.05) is 12.1 Å². The Balaban J connectivity index is 2.25. The third-order valence-electron chi connectivity index (χ3n) is 3.23. The fourth-order valence-electron chi connectivity index (χ4n) is 2.13. The Labute approximate surface area is 116 Å². The van der Waals surface area contributed by atoms with E-state index in [1.165, 1.54) is 4.90 Å². The second-order valence-corrected chi connectivity index (χ2v) is 4.77. The molecule has 0 saturated carbocycles. The molecule has 6 heteroatoms. The highest BCUT2D eigenvalue weighted by Gasteiger charge is 2.25. The lowest BCUT2D eigenvalue weighted by atomic mass is 10.0. The number of carboxylic acids is 1. The molecule has 1 fully saturated rings. The van der Waals surface area contributed by atoms with Crippen molar-refractivity contribution in [2.75, 3.05) is 18.0 Å². The van der Waals surface area contributed by atoms with E-state index in [2.05, 4.69) is 5.32 Å². The summed E-state index contributed by atoms with van der Waals surface area (Å²) in [7, 11) is 0. The number of hydrogen-bond donors (Lipinski definition) is 2. The molecule has 0 unspecified atom stereocenters. The normalized spacial score (nSPS) is 15.2. The fourth-order valence-corrected chi connectivity index (χ4v) is 2.13. The lowest BCUT2D eigenvalue weighted by Crippen LogP contribution is -2.52. The predicted octanol–water partition coefficient (Wildman–Crippen LogP) is 0.475. The number of carboxylic acid groups (broad SMARTS) is 1. The average molecular weight is 276 g/mol. The molecule has 1 aliphatic rings. The van der Waals surface area contributed by atoms with Crippen molar-refractivity contribution in [3.63, 3.8) is 0 Å². The maximum absolute atomic E-state index is 11.9. The summed E-state index contributed by atoms with van der Waals surface area (Å²) < 4.78 is 0. The van der Waals surface area contributed by atoms with Gasteiger partial charge in [0.25, 0.3) is 0 Å². The van der Waals surface area contributed by atoms with Crippen LogP contribution in [0.5, 0.6) is 0 Å². The number of aryl methyl sites for hydroxylation is 2. The van der Waals surface area contributed by atoms with Gasteiger partial charge in [-0.25, -0.2) is 0 Å². The molecule has 2 amide bonds. The van der Waals surface area contributed by atoms with E-state index in [0.717, 1.165) is 11.1 Å². The van der Waals surface area contributed by atoms with E-state index in [9.17, 15) is 14.4 Å². The number of nitrogens with one attached hydrogen (secondary N) is 1. The van der Waals surface area contributed by atoms with Crippen molar-refractivity contribution in [3.05, 3.63) is 29.3 Å². The highest BCUT2D eigenvalue weighted by atomic mass is 16.4. The molecule has 0 atom stereocenters. The van der Waals surface area contributed by atoms with Crippen LogP contribution in [0.4, 0.5) is 5.69 Å². The Morgan fingerprint density at radius 1 is 1.40 bits per heavy atom. The number of carbonyl (C=O) groups excluding carboxylic acids is 2. The summed E-state index contributed by atoms with van der Waals surface area (Å²) >= 11 is 0. The zero-order valence-corrected chi connectivity index (χ0v) is 11.2. The first-order valence-corrected chi connectivity index (χ1v) is 6.36. The average Bonchev–Trinajstić information content (AvgIpc) is 2.41. The topological polar surface area (TPSA) is 86.7 Å². The second kappa shape index (κ2) is 5.73. The highest BCUT2D eigenvalue weighted by molar-refractivity contribution is 6.04. The van der Waals surface area contributed by atoms with Crippen LogP contribution in [0.2, 0.25) is 0 Å². The largest absolute Gasteiger partial charge is 0.481 e. The van der Waals surface area contributed by atoms with Crippen molar-refractivity contribution >= 4 is 23.5 Å². The maximum atomic E-state index is 11.9. The number of carbonyl (C=O) groups is 3. The van der Waals surface area contributed by atoms with E-state index in [1.807, 2.05) is 19.1 Å². The number of benzene rings is 1. The maximum Gasteiger partial charge on any atom is 0.303 e. The molecule has 1 aliphatic heterocycles. The summed E-state index contributed by atoms with van der Waals surface area (Å²) in [4.78, 5) is 35.4. The van der Waals surface area contributed by atoms with Crippen molar-refractivity contribution in [2.24, 2.45) is 0 Å². The first kappa shape index (κ1) is 14.0. The van der Waals surface area contributed by atoms with E-state index in [1.54, 1.807) is 6.07 Å². The zero-order valence-electron chi connectivity index (χ0n) is 11.2. The van der Waals surface area contributed by atoms with Crippen molar-refractivity contribution < 1.29 is 19.5 Å². The molecule has 2 rings (SSSR count). The number of nitrogens with zero attached hydrogens (tertiary/aromatic N) is 1. The minimum atomic E-state index is -0.861. The van der Waals surface area contributed by atoms with Crippen LogP contribution in [0.1, 0.15) is 17.5 Å². The quantitative estimate of drug-likeness (QED) is 0.837. The third kappa shape index (κ3) is 3.14. The summed E-state index contributed by atoms with van der Waals surface area (Å²) in [5, 5.41) is 11.2. The second-order valence-electron chi connectivity index (χ2n) is 4.77. The number of piperazine rings is 1. The van der Waals surface area contributed by atoms with Crippen LogP contribution in [0, 0.1) is 6.92 Å². The van der Waals surface area contributed by atoms with Crippen LogP contribution in [0.3, 0.4) is 0 Å². The van der Waals surface area contributed by atoms with Gasteiger partial charge >= 0.3 is 5.97 Å². The van der Waals surface area contributed by atoms with E-state index in [-0.39, 0.29) is 31.3 Å². The van der Waals surface area contributed by atoms with Gasteiger partial charge in [0.2, 0.25) is 11.8 Å². The lowest BCUT2D eigenvalue weighted by molar-refractivity contribution is -0.137. The molecule has 1 aromatic rings. The molecule has 0 bridgehead atoms. The van der Waals surface area contributed by atoms with Gasteiger partial charge in [-0.1, -0.05) is 12.1 Å². The Kier molecular flexibility index (Phi) is 4.02. The van der Waals surface area contributed by atoms with Gasteiger partial charge in [0.1, 0.15) is 6.54 Å². The molecule has 0 spiro atoms. The third-order valence-corrected chi connectivity index (χ3v) is 3.23. The number of rotatable bonds is 4. The molecule has 0 aromatic heterocycles. The zero-order chi connectivity index (χ0) is 14.7. The Hall–Kier alpha value is -2.37. The van der Waals surface area contributed by atoms with Crippen LogP contribution in [-0.2, 0) is 20.8 Å². The summed E-state index contributed by atoms with van der Waals surface area (Å²) in [6, 6.07) is 5.47. The number of anilines is 1. The molecule has 1 heterocycles.